The smallest absolute Gasteiger partial charge is 0.326 e. The molecule has 2 rings (SSSR count). The van der Waals surface area contributed by atoms with Crippen LogP contribution in [0.15, 0.2) is 60.7 Å². The van der Waals surface area contributed by atoms with Crippen molar-refractivity contribution in [3.05, 3.63) is 71.8 Å². The highest BCUT2D eigenvalue weighted by molar-refractivity contribution is 7.80. The summed E-state index contributed by atoms with van der Waals surface area (Å²) in [6, 6.07) is 13.9. The van der Waals surface area contributed by atoms with Crippen LogP contribution in [0.2, 0.25) is 0 Å². The molecule has 0 aliphatic carbocycles. The van der Waals surface area contributed by atoms with E-state index >= 15 is 0 Å². The van der Waals surface area contributed by atoms with E-state index in [4.69, 9.17) is 5.73 Å². The van der Waals surface area contributed by atoms with Crippen LogP contribution in [-0.4, -0.2) is 58.7 Å². The topological polar surface area (TPSA) is 151 Å². The van der Waals surface area contributed by atoms with Crippen LogP contribution < -0.4 is 21.7 Å². The molecule has 0 saturated heterocycles. The second kappa shape index (κ2) is 15.0. The number of aliphatic carboxylic acids is 1. The Morgan fingerprint density at radius 3 is 1.76 bits per heavy atom. The van der Waals surface area contributed by atoms with E-state index in [1.165, 1.54) is 0 Å². The molecule has 10 heteroatoms. The van der Waals surface area contributed by atoms with Crippen molar-refractivity contribution in [2.24, 2.45) is 11.7 Å². The quantitative estimate of drug-likeness (QED) is 0.204. The number of carboxylic acids is 1. The summed E-state index contributed by atoms with van der Waals surface area (Å²) in [6.07, 6.45) is 0.802. The van der Waals surface area contributed by atoms with Crippen LogP contribution in [0.3, 0.4) is 0 Å². The van der Waals surface area contributed by atoms with Gasteiger partial charge in [-0.1, -0.05) is 80.9 Å². The predicted octanol–water partition coefficient (Wildman–Crippen LogP) is 1.31. The van der Waals surface area contributed by atoms with E-state index in [1.807, 2.05) is 50.2 Å². The summed E-state index contributed by atoms with van der Waals surface area (Å²) in [5.41, 5.74) is 7.29. The minimum Gasteiger partial charge on any atom is -0.480 e. The van der Waals surface area contributed by atoms with Crippen molar-refractivity contribution >= 4 is 36.3 Å². The van der Waals surface area contributed by atoms with E-state index in [0.29, 0.717) is 6.42 Å². The highest BCUT2D eigenvalue weighted by Gasteiger charge is 2.32. The lowest BCUT2D eigenvalue weighted by Gasteiger charge is -2.28. The first-order valence-corrected chi connectivity index (χ1v) is 12.9. The maximum absolute atomic E-state index is 13.3. The lowest BCUT2D eigenvalue weighted by atomic mass is 9.96. The molecule has 0 spiro atoms. The van der Waals surface area contributed by atoms with Crippen molar-refractivity contribution in [2.45, 2.75) is 57.3 Å². The lowest BCUT2D eigenvalue weighted by molar-refractivity contribution is -0.142. The third-order valence-corrected chi connectivity index (χ3v) is 6.53. The summed E-state index contributed by atoms with van der Waals surface area (Å²) >= 11 is 4.04. The first-order chi connectivity index (χ1) is 17.7. The minimum absolute atomic E-state index is 0.0844. The van der Waals surface area contributed by atoms with Gasteiger partial charge in [0.05, 0.1) is 6.04 Å². The predicted molar refractivity (Wildman–Crippen MR) is 145 cm³/mol. The second-order valence-electron chi connectivity index (χ2n) is 9.00. The Hall–Kier alpha value is -3.37. The molecule has 37 heavy (non-hydrogen) atoms. The first kappa shape index (κ1) is 29.9. The van der Waals surface area contributed by atoms with Gasteiger partial charge in [-0.2, -0.15) is 12.6 Å². The molecule has 6 N–H and O–H groups in total. The van der Waals surface area contributed by atoms with Crippen LogP contribution >= 0.6 is 12.6 Å². The number of rotatable bonds is 14. The molecule has 0 heterocycles. The van der Waals surface area contributed by atoms with Gasteiger partial charge in [0.15, 0.2) is 0 Å². The van der Waals surface area contributed by atoms with Gasteiger partial charge in [-0.05, 0) is 17.0 Å². The Kier molecular flexibility index (Phi) is 12.1. The fraction of sp³-hybridized carbons (Fsp3) is 0.407. The number of benzene rings is 2. The molecule has 9 nitrogen and oxygen atoms in total. The summed E-state index contributed by atoms with van der Waals surface area (Å²) < 4.78 is 0. The SMILES string of the molecule is CCC(C)C(NC(=O)C(N)CS)C(=O)NC(Cc1ccccc1)C(=O)NC(Cc1ccccc1)C(=O)O. The van der Waals surface area contributed by atoms with Crippen LogP contribution in [0.1, 0.15) is 31.4 Å². The molecule has 0 saturated carbocycles. The Bertz CT molecular complexity index is 1040. The number of nitrogens with two attached hydrogens (primary N) is 1. The number of hydrogen-bond donors (Lipinski definition) is 6. The summed E-state index contributed by atoms with van der Waals surface area (Å²) in [6.45, 7) is 3.69. The van der Waals surface area contributed by atoms with Crippen molar-refractivity contribution < 1.29 is 24.3 Å². The first-order valence-electron chi connectivity index (χ1n) is 12.2. The van der Waals surface area contributed by atoms with Gasteiger partial charge in [0.1, 0.15) is 18.1 Å². The van der Waals surface area contributed by atoms with Crippen LogP contribution in [0.5, 0.6) is 0 Å². The lowest BCUT2D eigenvalue weighted by Crippen LogP contribution is -2.59. The number of carbonyl (C=O) groups is 4. The standard InChI is InChI=1S/C27H36N4O5S/c1-3-17(2)23(31-24(32)20(28)16-37)26(34)29-21(14-18-10-6-4-7-11-18)25(33)30-22(27(35)36)15-19-12-8-5-9-13-19/h4-13,17,20-23,37H,3,14-16,28H2,1-2H3,(H,29,34)(H,30,33)(H,31,32)(H,35,36). The van der Waals surface area contributed by atoms with Gasteiger partial charge in [-0.3, -0.25) is 14.4 Å². The fourth-order valence-corrected chi connectivity index (χ4v) is 3.85. The summed E-state index contributed by atoms with van der Waals surface area (Å²) in [5, 5.41) is 17.7. The molecular weight excluding hydrogens is 492 g/mol. The van der Waals surface area contributed by atoms with E-state index in [2.05, 4.69) is 28.6 Å². The van der Waals surface area contributed by atoms with Gasteiger partial charge in [0.25, 0.3) is 0 Å². The van der Waals surface area contributed by atoms with Crippen molar-refractivity contribution in [2.75, 3.05) is 5.75 Å². The molecule has 0 aliphatic heterocycles. The van der Waals surface area contributed by atoms with Crippen LogP contribution in [-0.2, 0) is 32.0 Å². The average Bonchev–Trinajstić information content (AvgIpc) is 2.90. The number of thiol groups is 1. The maximum atomic E-state index is 13.3. The molecule has 5 atom stereocenters. The number of amides is 3. The van der Waals surface area contributed by atoms with Crippen molar-refractivity contribution in [3.63, 3.8) is 0 Å². The van der Waals surface area contributed by atoms with Crippen LogP contribution in [0.25, 0.3) is 0 Å². The third-order valence-electron chi connectivity index (χ3n) is 6.14. The number of carbonyl (C=O) groups excluding carboxylic acids is 3. The van der Waals surface area contributed by atoms with Crippen LogP contribution in [0, 0.1) is 5.92 Å². The molecule has 0 fully saturated rings. The van der Waals surface area contributed by atoms with E-state index in [9.17, 15) is 24.3 Å². The zero-order valence-electron chi connectivity index (χ0n) is 21.1. The Morgan fingerprint density at radius 2 is 1.30 bits per heavy atom. The normalized spacial score (nSPS) is 14.9. The van der Waals surface area contributed by atoms with E-state index < -0.39 is 47.9 Å². The molecule has 3 amide bonds. The molecule has 0 bridgehead atoms. The summed E-state index contributed by atoms with van der Waals surface area (Å²) in [4.78, 5) is 51.0. The Morgan fingerprint density at radius 1 is 0.811 bits per heavy atom. The molecule has 0 aliphatic rings. The monoisotopic (exact) mass is 528 g/mol. The molecule has 5 unspecified atom stereocenters. The van der Waals surface area contributed by atoms with Gasteiger partial charge in [0, 0.05) is 18.6 Å². The van der Waals surface area contributed by atoms with E-state index in [-0.39, 0.29) is 24.5 Å². The van der Waals surface area contributed by atoms with Crippen molar-refractivity contribution in [1.29, 1.82) is 0 Å². The van der Waals surface area contributed by atoms with Gasteiger partial charge in [0.2, 0.25) is 17.7 Å². The molecule has 0 radical (unpaired) electrons. The Balaban J connectivity index is 2.26. The minimum atomic E-state index is -1.19. The average molecular weight is 529 g/mol. The van der Waals surface area contributed by atoms with Gasteiger partial charge in [-0.15, -0.1) is 0 Å². The number of carboxylic acid groups (broad SMARTS) is 1. The van der Waals surface area contributed by atoms with Crippen molar-refractivity contribution in [3.8, 4) is 0 Å². The molecule has 2 aromatic carbocycles. The summed E-state index contributed by atoms with van der Waals surface area (Å²) in [5.74, 6) is -3.04. The highest BCUT2D eigenvalue weighted by atomic mass is 32.1. The number of hydrogen-bond acceptors (Lipinski definition) is 6. The molecular formula is C27H36N4O5S. The van der Waals surface area contributed by atoms with Gasteiger partial charge in [-0.25, -0.2) is 4.79 Å². The maximum Gasteiger partial charge on any atom is 0.326 e. The fourth-order valence-electron chi connectivity index (χ4n) is 3.69. The molecule has 0 aromatic heterocycles. The number of nitrogens with one attached hydrogen (secondary N) is 3. The highest BCUT2D eigenvalue weighted by Crippen LogP contribution is 2.11. The zero-order chi connectivity index (χ0) is 27.4. The molecule has 200 valence electrons. The summed E-state index contributed by atoms with van der Waals surface area (Å²) in [7, 11) is 0. The Labute approximate surface area is 223 Å². The van der Waals surface area contributed by atoms with Crippen LogP contribution in [0.4, 0.5) is 0 Å². The van der Waals surface area contributed by atoms with Crippen molar-refractivity contribution in [1.82, 2.24) is 16.0 Å². The largest absolute Gasteiger partial charge is 0.480 e. The van der Waals surface area contributed by atoms with E-state index in [0.717, 1.165) is 11.1 Å². The zero-order valence-corrected chi connectivity index (χ0v) is 22.0. The van der Waals surface area contributed by atoms with Gasteiger partial charge >= 0.3 is 5.97 Å². The van der Waals surface area contributed by atoms with E-state index in [1.54, 1.807) is 24.3 Å². The van der Waals surface area contributed by atoms with Gasteiger partial charge < -0.3 is 26.8 Å². The molecule has 2 aromatic rings. The third kappa shape index (κ3) is 9.55. The second-order valence-corrected chi connectivity index (χ2v) is 9.37.